The van der Waals surface area contributed by atoms with E-state index in [1.54, 1.807) is 24.1 Å². The molecular formula is C18H26FN3O3. The van der Waals surface area contributed by atoms with Crippen LogP contribution in [0.4, 0.5) is 4.39 Å². The van der Waals surface area contributed by atoms with Crippen LogP contribution in [-0.4, -0.2) is 60.9 Å². The Kier molecular flexibility index (Phi) is 6.36. The van der Waals surface area contributed by atoms with Crippen molar-refractivity contribution in [3.63, 3.8) is 0 Å². The molecule has 1 aliphatic rings. The zero-order valence-electron chi connectivity index (χ0n) is 15.2. The van der Waals surface area contributed by atoms with Crippen LogP contribution >= 0.6 is 0 Å². The Labute approximate surface area is 147 Å². The Morgan fingerprint density at radius 2 is 2.20 bits per heavy atom. The fraction of sp³-hybridized carbons (Fsp3) is 0.556. The van der Waals surface area contributed by atoms with E-state index in [1.807, 2.05) is 18.7 Å². The average molecular weight is 351 g/mol. The van der Waals surface area contributed by atoms with Gasteiger partial charge in [-0.25, -0.2) is 4.39 Å². The van der Waals surface area contributed by atoms with Gasteiger partial charge in [0.15, 0.2) is 0 Å². The fourth-order valence-electron chi connectivity index (χ4n) is 2.77. The summed E-state index contributed by atoms with van der Waals surface area (Å²) < 4.78 is 19.2. The van der Waals surface area contributed by atoms with Crippen LogP contribution in [0.2, 0.25) is 0 Å². The van der Waals surface area contributed by atoms with Gasteiger partial charge in [0.25, 0.3) is 0 Å². The molecule has 1 fully saturated rings. The third kappa shape index (κ3) is 4.69. The lowest BCUT2D eigenvalue weighted by Gasteiger charge is -2.36. The van der Waals surface area contributed by atoms with Crippen LogP contribution in [-0.2, 0) is 16.1 Å². The molecule has 1 aromatic rings. The van der Waals surface area contributed by atoms with Crippen LogP contribution in [0.25, 0.3) is 0 Å². The van der Waals surface area contributed by atoms with Crippen molar-refractivity contribution in [1.29, 1.82) is 0 Å². The van der Waals surface area contributed by atoms with Crippen molar-refractivity contribution in [2.75, 3.05) is 27.2 Å². The SMILES string of the molecule is COc1ccc(CN2CCNC(=O)[C@@H]2CC(=O)N(C)C(C)C)c(F)c1. The van der Waals surface area contributed by atoms with Crippen molar-refractivity contribution < 1.29 is 18.7 Å². The highest BCUT2D eigenvalue weighted by molar-refractivity contribution is 5.88. The number of rotatable bonds is 6. The Hall–Kier alpha value is -2.15. The highest BCUT2D eigenvalue weighted by Crippen LogP contribution is 2.20. The predicted octanol–water partition coefficient (Wildman–Crippen LogP) is 1.39. The molecule has 1 atom stereocenters. The molecule has 1 heterocycles. The summed E-state index contributed by atoms with van der Waals surface area (Å²) in [5, 5.41) is 2.79. The first-order valence-electron chi connectivity index (χ1n) is 8.43. The molecule has 25 heavy (non-hydrogen) atoms. The number of halogens is 1. The first-order chi connectivity index (χ1) is 11.8. The number of hydrogen-bond acceptors (Lipinski definition) is 4. The number of nitrogens with one attached hydrogen (secondary N) is 1. The Balaban J connectivity index is 2.14. The topological polar surface area (TPSA) is 61.9 Å². The first kappa shape index (κ1) is 19.2. The minimum absolute atomic E-state index is 0.0617. The van der Waals surface area contributed by atoms with Crippen molar-refractivity contribution in [2.45, 2.75) is 38.9 Å². The molecule has 2 rings (SSSR count). The number of piperazine rings is 1. The summed E-state index contributed by atoms with van der Waals surface area (Å²) in [7, 11) is 3.21. The summed E-state index contributed by atoms with van der Waals surface area (Å²) in [6.45, 7) is 5.17. The molecule has 0 aliphatic carbocycles. The zero-order valence-corrected chi connectivity index (χ0v) is 15.2. The number of hydrogen-bond donors (Lipinski definition) is 1. The number of carbonyl (C=O) groups excluding carboxylic acids is 2. The van der Waals surface area contributed by atoms with Gasteiger partial charge in [-0.1, -0.05) is 6.07 Å². The Morgan fingerprint density at radius 1 is 1.48 bits per heavy atom. The first-order valence-corrected chi connectivity index (χ1v) is 8.43. The van der Waals surface area contributed by atoms with Gasteiger partial charge in [0.05, 0.1) is 19.6 Å². The molecule has 1 saturated heterocycles. The molecule has 0 unspecified atom stereocenters. The minimum atomic E-state index is -0.594. The van der Waals surface area contributed by atoms with Gasteiger partial charge in [-0.15, -0.1) is 0 Å². The van der Waals surface area contributed by atoms with E-state index in [0.717, 1.165) is 0 Å². The molecule has 7 heteroatoms. The minimum Gasteiger partial charge on any atom is -0.497 e. The maximum Gasteiger partial charge on any atom is 0.237 e. The van der Waals surface area contributed by atoms with Gasteiger partial charge in [0.2, 0.25) is 11.8 Å². The van der Waals surface area contributed by atoms with Gasteiger partial charge in [0.1, 0.15) is 11.6 Å². The lowest BCUT2D eigenvalue weighted by molar-refractivity contribution is -0.139. The van der Waals surface area contributed by atoms with Crippen LogP contribution in [0.15, 0.2) is 18.2 Å². The normalized spacial score (nSPS) is 18.2. The molecule has 1 N–H and O–H groups in total. The Bertz CT molecular complexity index is 636. The van der Waals surface area contributed by atoms with E-state index in [0.29, 0.717) is 24.4 Å². The smallest absolute Gasteiger partial charge is 0.237 e. The predicted molar refractivity (Wildman–Crippen MR) is 92.7 cm³/mol. The average Bonchev–Trinajstić information content (AvgIpc) is 2.58. The van der Waals surface area contributed by atoms with Crippen molar-refractivity contribution in [3.8, 4) is 5.75 Å². The van der Waals surface area contributed by atoms with Crippen molar-refractivity contribution in [2.24, 2.45) is 0 Å². The van der Waals surface area contributed by atoms with E-state index in [2.05, 4.69) is 5.32 Å². The number of methoxy groups -OCH3 is 1. The number of amides is 2. The number of carbonyl (C=O) groups is 2. The largest absolute Gasteiger partial charge is 0.497 e. The molecular weight excluding hydrogens is 325 g/mol. The van der Waals surface area contributed by atoms with E-state index in [1.165, 1.54) is 13.2 Å². The van der Waals surface area contributed by atoms with Gasteiger partial charge in [-0.3, -0.25) is 14.5 Å². The molecule has 1 aromatic carbocycles. The van der Waals surface area contributed by atoms with Gasteiger partial charge in [0, 0.05) is 44.4 Å². The van der Waals surface area contributed by atoms with Crippen molar-refractivity contribution >= 4 is 11.8 Å². The van der Waals surface area contributed by atoms with Crippen LogP contribution in [0.1, 0.15) is 25.8 Å². The van der Waals surface area contributed by atoms with Crippen LogP contribution in [0.5, 0.6) is 5.75 Å². The Morgan fingerprint density at radius 3 is 2.80 bits per heavy atom. The summed E-state index contributed by atoms with van der Waals surface area (Å²) in [5.74, 6) is -0.222. The van der Waals surface area contributed by atoms with E-state index in [-0.39, 0.29) is 36.6 Å². The lowest BCUT2D eigenvalue weighted by Crippen LogP contribution is -2.56. The summed E-state index contributed by atoms with van der Waals surface area (Å²) in [6.07, 6.45) is 0.0816. The van der Waals surface area contributed by atoms with Gasteiger partial charge in [-0.2, -0.15) is 0 Å². The monoisotopic (exact) mass is 351 g/mol. The molecule has 2 amide bonds. The molecule has 0 radical (unpaired) electrons. The second-order valence-electron chi connectivity index (χ2n) is 6.54. The van der Waals surface area contributed by atoms with Gasteiger partial charge in [-0.05, 0) is 19.9 Å². The van der Waals surface area contributed by atoms with Gasteiger partial charge < -0.3 is 15.0 Å². The molecule has 0 spiro atoms. The highest BCUT2D eigenvalue weighted by atomic mass is 19.1. The quantitative estimate of drug-likeness (QED) is 0.841. The highest BCUT2D eigenvalue weighted by Gasteiger charge is 2.33. The number of nitrogens with zero attached hydrogens (tertiary/aromatic N) is 2. The molecule has 138 valence electrons. The number of benzene rings is 1. The second kappa shape index (κ2) is 8.29. The van der Waals surface area contributed by atoms with Crippen LogP contribution in [0, 0.1) is 5.82 Å². The molecule has 0 aromatic heterocycles. The fourth-order valence-corrected chi connectivity index (χ4v) is 2.77. The lowest BCUT2D eigenvalue weighted by atomic mass is 10.1. The van der Waals surface area contributed by atoms with Crippen molar-refractivity contribution in [1.82, 2.24) is 15.1 Å². The maximum atomic E-state index is 14.2. The molecule has 1 aliphatic heterocycles. The van der Waals surface area contributed by atoms with E-state index < -0.39 is 6.04 Å². The number of ether oxygens (including phenoxy) is 1. The summed E-state index contributed by atoms with van der Waals surface area (Å²) in [4.78, 5) is 28.1. The molecule has 0 saturated carbocycles. The summed E-state index contributed by atoms with van der Waals surface area (Å²) >= 11 is 0. The van der Waals surface area contributed by atoms with Crippen LogP contribution in [0.3, 0.4) is 0 Å². The molecule has 6 nitrogen and oxygen atoms in total. The summed E-state index contributed by atoms with van der Waals surface area (Å²) in [6, 6.07) is 4.14. The standard InChI is InChI=1S/C18H26FN3O3/c1-12(2)21(3)17(23)10-16-18(24)20-7-8-22(16)11-13-5-6-14(25-4)9-15(13)19/h5-6,9,12,16H,7-8,10-11H2,1-4H3,(H,20,24)/t16-/m0/s1. The second-order valence-corrected chi connectivity index (χ2v) is 6.54. The third-order valence-corrected chi connectivity index (χ3v) is 4.61. The third-order valence-electron chi connectivity index (χ3n) is 4.61. The van der Waals surface area contributed by atoms with Gasteiger partial charge >= 0.3 is 0 Å². The van der Waals surface area contributed by atoms with E-state index in [9.17, 15) is 14.0 Å². The van der Waals surface area contributed by atoms with E-state index in [4.69, 9.17) is 4.74 Å². The van der Waals surface area contributed by atoms with E-state index >= 15 is 0 Å². The van der Waals surface area contributed by atoms with Crippen molar-refractivity contribution in [3.05, 3.63) is 29.6 Å². The maximum absolute atomic E-state index is 14.2. The summed E-state index contributed by atoms with van der Waals surface area (Å²) in [5.41, 5.74) is 0.477. The van der Waals surface area contributed by atoms with Crippen LogP contribution < -0.4 is 10.1 Å². The molecule has 0 bridgehead atoms. The zero-order chi connectivity index (χ0) is 18.6.